The van der Waals surface area contributed by atoms with Gasteiger partial charge in [0.05, 0.1) is 18.0 Å². The molecule has 3 rings (SSSR count). The highest BCUT2D eigenvalue weighted by molar-refractivity contribution is 8.00. The average molecular weight is 484 g/mol. The molecule has 0 aliphatic carbocycles. The van der Waals surface area contributed by atoms with E-state index in [9.17, 15) is 27.6 Å². The van der Waals surface area contributed by atoms with Gasteiger partial charge in [-0.2, -0.15) is 0 Å². The zero-order valence-electron chi connectivity index (χ0n) is 16.4. The summed E-state index contributed by atoms with van der Waals surface area (Å²) in [4.78, 5) is 44.9. The third-order valence-corrected chi connectivity index (χ3v) is 5.76. The molecule has 2 N–H and O–H groups in total. The molecular weight excluding hydrogens is 469 g/mol. The number of thiophene rings is 1. The number of nitrogens with zero attached hydrogens (tertiary/aromatic N) is 2. The summed E-state index contributed by atoms with van der Waals surface area (Å²) >= 11 is 2.57. The molecule has 0 bridgehead atoms. The van der Waals surface area contributed by atoms with Crippen molar-refractivity contribution in [3.63, 3.8) is 0 Å². The maximum absolute atomic E-state index is 13.6. The highest BCUT2D eigenvalue weighted by Crippen LogP contribution is 2.27. The summed E-state index contributed by atoms with van der Waals surface area (Å²) in [6, 6.07) is 3.33. The fraction of sp³-hybridized carbons (Fsp3) is 0.211. The molecule has 168 valence electrons. The molecule has 1 aromatic carbocycles. The van der Waals surface area contributed by atoms with Gasteiger partial charge in [0.2, 0.25) is 5.91 Å². The number of carbonyl (C=O) groups is 3. The van der Waals surface area contributed by atoms with E-state index in [2.05, 4.69) is 15.3 Å². The first-order chi connectivity index (χ1) is 15.3. The van der Waals surface area contributed by atoms with Crippen LogP contribution in [0.2, 0.25) is 0 Å². The number of aromatic nitrogens is 2. The van der Waals surface area contributed by atoms with E-state index >= 15 is 0 Å². The number of hydrogen-bond acceptors (Lipinski definition) is 8. The zero-order chi connectivity index (χ0) is 23.3. The van der Waals surface area contributed by atoms with Crippen LogP contribution in [0, 0.1) is 17.5 Å². The number of anilines is 1. The first kappa shape index (κ1) is 23.5. The Balaban J connectivity index is 1.44. The van der Waals surface area contributed by atoms with Crippen molar-refractivity contribution in [3.8, 4) is 0 Å². The number of rotatable bonds is 8. The Kier molecular flexibility index (Phi) is 7.64. The van der Waals surface area contributed by atoms with Crippen molar-refractivity contribution in [3.05, 3.63) is 47.4 Å². The van der Waals surface area contributed by atoms with Gasteiger partial charge in [-0.15, -0.1) is 11.3 Å². The molecule has 8 nitrogen and oxygen atoms in total. The summed E-state index contributed by atoms with van der Waals surface area (Å²) in [5.74, 6) is -7.13. The Morgan fingerprint density at radius 2 is 1.94 bits per heavy atom. The van der Waals surface area contributed by atoms with Crippen LogP contribution in [0.1, 0.15) is 6.92 Å². The van der Waals surface area contributed by atoms with Gasteiger partial charge in [-0.1, -0.05) is 11.8 Å². The molecule has 0 fully saturated rings. The van der Waals surface area contributed by atoms with Crippen molar-refractivity contribution < 1.29 is 32.3 Å². The Hall–Kier alpha value is -3.19. The lowest BCUT2D eigenvalue weighted by atomic mass is 10.2. The molecule has 0 aliphatic rings. The van der Waals surface area contributed by atoms with Gasteiger partial charge in [0, 0.05) is 5.39 Å². The van der Waals surface area contributed by atoms with Crippen molar-refractivity contribution >= 4 is 56.8 Å². The minimum Gasteiger partial charge on any atom is -0.452 e. The second-order valence-corrected chi connectivity index (χ2v) is 8.09. The van der Waals surface area contributed by atoms with E-state index in [-0.39, 0.29) is 5.75 Å². The quantitative estimate of drug-likeness (QED) is 0.219. The van der Waals surface area contributed by atoms with Crippen molar-refractivity contribution in [1.29, 1.82) is 0 Å². The lowest BCUT2D eigenvalue weighted by molar-refractivity contribution is -0.152. The molecule has 0 radical (unpaired) electrons. The molecule has 0 saturated heterocycles. The van der Waals surface area contributed by atoms with E-state index in [1.54, 1.807) is 0 Å². The summed E-state index contributed by atoms with van der Waals surface area (Å²) in [5, 5.41) is 7.48. The minimum absolute atomic E-state index is 0.102. The predicted octanol–water partition coefficient (Wildman–Crippen LogP) is 2.89. The lowest BCUT2D eigenvalue weighted by Gasteiger charge is -2.13. The molecule has 1 atom stereocenters. The van der Waals surface area contributed by atoms with E-state index in [0.29, 0.717) is 11.1 Å². The number of nitrogens with one attached hydrogen (secondary N) is 2. The number of thioether (sulfide) groups is 1. The second kappa shape index (κ2) is 10.4. The molecule has 32 heavy (non-hydrogen) atoms. The molecular formula is C19H15F3N4O4S2. The Morgan fingerprint density at radius 3 is 2.72 bits per heavy atom. The van der Waals surface area contributed by atoms with Crippen molar-refractivity contribution in [1.82, 2.24) is 15.3 Å². The summed E-state index contributed by atoms with van der Waals surface area (Å²) in [6.45, 7) is 0.706. The number of esters is 1. The third kappa shape index (κ3) is 5.73. The molecule has 3 aromatic rings. The van der Waals surface area contributed by atoms with Crippen molar-refractivity contribution in [2.75, 3.05) is 17.6 Å². The predicted molar refractivity (Wildman–Crippen MR) is 112 cm³/mol. The zero-order valence-corrected chi connectivity index (χ0v) is 18.0. The van der Waals surface area contributed by atoms with Crippen LogP contribution in [0.3, 0.4) is 0 Å². The highest BCUT2D eigenvalue weighted by Gasteiger charge is 2.20. The monoisotopic (exact) mass is 484 g/mol. The van der Waals surface area contributed by atoms with Gasteiger partial charge >= 0.3 is 5.97 Å². The maximum atomic E-state index is 13.6. The standard InChI is InChI=1S/C19H15F3N4O4S2/c1-9(30-14(28)7-32-19-10-4-5-31-18(10)24-8-25-19)17(29)23-6-13(27)26-12-3-2-11(20)15(21)16(12)22/h2-5,8-9H,6-7H2,1H3,(H,23,29)(H,26,27)/t9-/m1/s1. The van der Waals surface area contributed by atoms with E-state index in [1.807, 2.05) is 16.8 Å². The fourth-order valence-electron chi connectivity index (χ4n) is 2.42. The van der Waals surface area contributed by atoms with Crippen LogP contribution in [-0.2, 0) is 19.1 Å². The van der Waals surface area contributed by atoms with E-state index in [1.165, 1.54) is 24.6 Å². The fourth-order valence-corrected chi connectivity index (χ4v) is 3.98. The van der Waals surface area contributed by atoms with Crippen molar-refractivity contribution in [2.45, 2.75) is 18.1 Å². The molecule has 2 aromatic heterocycles. The van der Waals surface area contributed by atoms with E-state index in [0.717, 1.165) is 28.0 Å². The number of halogens is 3. The van der Waals surface area contributed by atoms with Crippen molar-refractivity contribution in [2.24, 2.45) is 0 Å². The second-order valence-electron chi connectivity index (χ2n) is 6.23. The number of ether oxygens (including phenoxy) is 1. The molecule has 2 amide bonds. The van der Waals surface area contributed by atoms with Crippen LogP contribution in [0.4, 0.5) is 18.9 Å². The smallest absolute Gasteiger partial charge is 0.317 e. The van der Waals surface area contributed by atoms with Crippen LogP contribution in [0.15, 0.2) is 34.9 Å². The largest absolute Gasteiger partial charge is 0.452 e. The van der Waals surface area contributed by atoms with Crippen LogP contribution in [-0.4, -0.2) is 46.2 Å². The summed E-state index contributed by atoms with van der Waals surface area (Å²) < 4.78 is 44.7. The van der Waals surface area contributed by atoms with Gasteiger partial charge in [0.1, 0.15) is 16.2 Å². The minimum atomic E-state index is -1.73. The van der Waals surface area contributed by atoms with Gasteiger partial charge in [0.25, 0.3) is 5.91 Å². The Bertz CT molecular complexity index is 1170. The third-order valence-electron chi connectivity index (χ3n) is 3.96. The number of hydrogen-bond donors (Lipinski definition) is 2. The molecule has 13 heteroatoms. The number of carbonyl (C=O) groups excluding carboxylic acids is 3. The van der Waals surface area contributed by atoms with Gasteiger partial charge in [-0.25, -0.2) is 23.1 Å². The average Bonchev–Trinajstić information content (AvgIpc) is 3.26. The number of fused-ring (bicyclic) bond motifs is 1. The van der Waals surface area contributed by atoms with Crippen LogP contribution in [0.25, 0.3) is 10.2 Å². The summed E-state index contributed by atoms with van der Waals surface area (Å²) in [7, 11) is 0. The van der Waals surface area contributed by atoms with Crippen LogP contribution in [0.5, 0.6) is 0 Å². The molecule has 0 unspecified atom stereocenters. The molecule has 0 spiro atoms. The molecule has 0 aliphatic heterocycles. The SMILES string of the molecule is C[C@@H](OC(=O)CSc1ncnc2sccc12)C(=O)NCC(=O)Nc1ccc(F)c(F)c1F. The Morgan fingerprint density at radius 1 is 1.16 bits per heavy atom. The van der Waals surface area contributed by atoms with Crippen LogP contribution < -0.4 is 10.6 Å². The van der Waals surface area contributed by atoms with E-state index in [4.69, 9.17) is 4.74 Å². The number of amides is 2. The van der Waals surface area contributed by atoms with Crippen LogP contribution >= 0.6 is 23.1 Å². The normalized spacial score (nSPS) is 11.8. The molecule has 0 saturated carbocycles. The first-order valence-electron chi connectivity index (χ1n) is 8.97. The first-order valence-corrected chi connectivity index (χ1v) is 10.8. The number of benzene rings is 1. The maximum Gasteiger partial charge on any atom is 0.317 e. The van der Waals surface area contributed by atoms with Gasteiger partial charge < -0.3 is 15.4 Å². The van der Waals surface area contributed by atoms with Gasteiger partial charge in [-0.05, 0) is 30.5 Å². The topological polar surface area (TPSA) is 110 Å². The van der Waals surface area contributed by atoms with E-state index < -0.39 is 53.6 Å². The summed E-state index contributed by atoms with van der Waals surface area (Å²) in [5.41, 5.74) is -0.580. The summed E-state index contributed by atoms with van der Waals surface area (Å²) in [6.07, 6.45) is 0.183. The van der Waals surface area contributed by atoms with Gasteiger partial charge in [0.15, 0.2) is 23.6 Å². The van der Waals surface area contributed by atoms with Gasteiger partial charge in [-0.3, -0.25) is 14.4 Å². The lowest BCUT2D eigenvalue weighted by Crippen LogP contribution is -2.40. The Labute approximate surface area is 187 Å². The highest BCUT2D eigenvalue weighted by atomic mass is 32.2. The molecule has 2 heterocycles.